The highest BCUT2D eigenvalue weighted by Crippen LogP contribution is 2.41. The Bertz CT molecular complexity index is 2470. The predicted octanol–water partition coefficient (Wildman–Crippen LogP) is 12.6. The van der Waals surface area contributed by atoms with Crippen molar-refractivity contribution in [2.75, 3.05) is 4.90 Å². The molecule has 0 atom stereocenters. The Kier molecular flexibility index (Phi) is 8.95. The highest BCUT2D eigenvalue weighted by Gasteiger charge is 2.19. The Hall–Kier alpha value is -6.65. The molecule has 5 aromatic carbocycles. The van der Waals surface area contributed by atoms with E-state index < -0.39 is 0 Å². The van der Waals surface area contributed by atoms with E-state index in [1.54, 1.807) is 0 Å². The normalized spacial score (nSPS) is 11.0. The van der Waals surface area contributed by atoms with Crippen LogP contribution in [0.5, 0.6) is 0 Å². The number of aryl methyl sites for hydroxylation is 3. The van der Waals surface area contributed by atoms with Crippen molar-refractivity contribution in [1.82, 2.24) is 15.0 Å². The third-order valence-corrected chi connectivity index (χ3v) is 9.61. The fourth-order valence-corrected chi connectivity index (χ4v) is 6.90. The smallest absolute Gasteiger partial charge is 0.0709 e. The third kappa shape index (κ3) is 6.62. The highest BCUT2D eigenvalue weighted by molar-refractivity contribution is 5.84. The summed E-state index contributed by atoms with van der Waals surface area (Å²) in [5.74, 6) is 0. The van der Waals surface area contributed by atoms with Crippen LogP contribution in [0.4, 0.5) is 17.1 Å². The maximum atomic E-state index is 4.88. The summed E-state index contributed by atoms with van der Waals surface area (Å²) in [6, 6.07) is 55.5. The molecule has 3 heterocycles. The summed E-state index contributed by atoms with van der Waals surface area (Å²) >= 11 is 0. The minimum atomic E-state index is 0.914. The van der Waals surface area contributed by atoms with E-state index in [0.29, 0.717) is 0 Å². The number of hydrogen-bond acceptors (Lipinski definition) is 4. The van der Waals surface area contributed by atoms with Crippen molar-refractivity contribution in [2.45, 2.75) is 20.8 Å². The van der Waals surface area contributed by atoms with Crippen molar-refractivity contribution < 1.29 is 0 Å². The van der Waals surface area contributed by atoms with Gasteiger partial charge in [0.05, 0.1) is 22.8 Å². The second kappa shape index (κ2) is 14.3. The lowest BCUT2D eigenvalue weighted by molar-refractivity contribution is 1.12. The van der Waals surface area contributed by atoms with Crippen LogP contribution < -0.4 is 4.90 Å². The summed E-state index contributed by atoms with van der Waals surface area (Å²) in [7, 11) is 0. The van der Waals surface area contributed by atoms with E-state index in [9.17, 15) is 0 Å². The van der Waals surface area contributed by atoms with Crippen molar-refractivity contribution in [3.05, 3.63) is 193 Å². The first-order valence-electron chi connectivity index (χ1n) is 17.6. The van der Waals surface area contributed by atoms with E-state index in [0.717, 1.165) is 67.5 Å². The minimum absolute atomic E-state index is 0.914. The molecule has 0 saturated carbocycles. The zero-order valence-electron chi connectivity index (χ0n) is 29.5. The number of rotatable bonds is 8. The van der Waals surface area contributed by atoms with Gasteiger partial charge in [-0.3, -0.25) is 15.0 Å². The molecule has 0 aliphatic carbocycles. The van der Waals surface area contributed by atoms with Gasteiger partial charge in [-0.05, 0) is 114 Å². The number of benzene rings is 5. The molecule has 0 N–H and O–H groups in total. The highest BCUT2D eigenvalue weighted by atomic mass is 15.2. The summed E-state index contributed by atoms with van der Waals surface area (Å²) in [6.45, 7) is 6.33. The van der Waals surface area contributed by atoms with E-state index >= 15 is 0 Å². The first-order valence-corrected chi connectivity index (χ1v) is 17.6. The van der Waals surface area contributed by atoms with E-state index in [1.165, 1.54) is 22.3 Å². The minimum Gasteiger partial charge on any atom is -0.308 e. The zero-order chi connectivity index (χ0) is 35.4. The van der Waals surface area contributed by atoms with Gasteiger partial charge in [0.1, 0.15) is 0 Å². The van der Waals surface area contributed by atoms with Crippen molar-refractivity contribution in [2.24, 2.45) is 0 Å². The van der Waals surface area contributed by atoms with Gasteiger partial charge in [-0.2, -0.15) is 0 Å². The molecule has 0 bridgehead atoms. The summed E-state index contributed by atoms with van der Waals surface area (Å²) in [4.78, 5) is 16.8. The Morgan fingerprint density at radius 3 is 1.56 bits per heavy atom. The van der Waals surface area contributed by atoms with Crippen LogP contribution in [-0.4, -0.2) is 15.0 Å². The fourth-order valence-electron chi connectivity index (χ4n) is 6.90. The number of aromatic nitrogens is 3. The average Bonchev–Trinajstić information content (AvgIpc) is 3.20. The maximum Gasteiger partial charge on any atom is 0.0709 e. The molecular formula is C48H38N4. The molecule has 0 radical (unpaired) electrons. The zero-order valence-corrected chi connectivity index (χ0v) is 29.5. The molecule has 4 nitrogen and oxygen atoms in total. The summed E-state index contributed by atoms with van der Waals surface area (Å²) in [6.07, 6.45) is 5.75. The molecule has 4 heteroatoms. The molecule has 0 fully saturated rings. The molecule has 0 aliphatic rings. The molecule has 0 saturated heterocycles. The third-order valence-electron chi connectivity index (χ3n) is 9.61. The van der Waals surface area contributed by atoms with Gasteiger partial charge in [0.2, 0.25) is 0 Å². The standard InChI is InChI=1S/C48H38N4/c1-33-24-26-49-35(3)48(33)52(44-19-11-17-42(29-44)47-31-45(34(2)32-51-47)39-14-8-5-9-15-39)43-18-10-16-41(28-43)46-30-40(25-27-50-46)38-22-20-37(21-23-38)36-12-6-4-7-13-36/h4-32H,1-3H3. The predicted molar refractivity (Wildman–Crippen MR) is 216 cm³/mol. The van der Waals surface area contributed by atoms with Gasteiger partial charge in [0.25, 0.3) is 0 Å². The van der Waals surface area contributed by atoms with Crippen LogP contribution in [-0.2, 0) is 0 Å². The van der Waals surface area contributed by atoms with Crippen molar-refractivity contribution >= 4 is 17.1 Å². The number of pyridine rings is 3. The van der Waals surface area contributed by atoms with E-state index in [1.807, 2.05) is 30.7 Å². The lowest BCUT2D eigenvalue weighted by atomic mass is 9.99. The van der Waals surface area contributed by atoms with Crippen LogP contribution >= 0.6 is 0 Å². The quantitative estimate of drug-likeness (QED) is 0.161. The molecule has 250 valence electrons. The van der Waals surface area contributed by atoms with Gasteiger partial charge in [-0.1, -0.05) is 109 Å². The molecule has 8 rings (SSSR count). The van der Waals surface area contributed by atoms with Crippen LogP contribution in [0.2, 0.25) is 0 Å². The van der Waals surface area contributed by atoms with Gasteiger partial charge in [-0.15, -0.1) is 0 Å². The lowest BCUT2D eigenvalue weighted by Gasteiger charge is -2.29. The Labute approximate surface area is 305 Å². The van der Waals surface area contributed by atoms with Crippen LogP contribution in [0, 0.1) is 20.8 Å². The summed E-state index contributed by atoms with van der Waals surface area (Å²) in [5.41, 5.74) is 17.3. The first-order chi connectivity index (χ1) is 25.5. The van der Waals surface area contributed by atoms with E-state index in [-0.39, 0.29) is 0 Å². The van der Waals surface area contributed by atoms with Gasteiger partial charge >= 0.3 is 0 Å². The number of anilines is 3. The van der Waals surface area contributed by atoms with Crippen LogP contribution in [0.3, 0.4) is 0 Å². The summed E-state index contributed by atoms with van der Waals surface area (Å²) in [5, 5.41) is 0. The summed E-state index contributed by atoms with van der Waals surface area (Å²) < 4.78 is 0. The fraction of sp³-hybridized carbons (Fsp3) is 0.0625. The number of nitrogens with zero attached hydrogens (tertiary/aromatic N) is 4. The van der Waals surface area contributed by atoms with Crippen LogP contribution in [0.15, 0.2) is 176 Å². The maximum absolute atomic E-state index is 4.88. The molecule has 0 amide bonds. The van der Waals surface area contributed by atoms with Crippen LogP contribution in [0.1, 0.15) is 16.8 Å². The Morgan fingerprint density at radius 1 is 0.385 bits per heavy atom. The Balaban J connectivity index is 1.18. The monoisotopic (exact) mass is 670 g/mol. The largest absolute Gasteiger partial charge is 0.308 e. The molecule has 52 heavy (non-hydrogen) atoms. The van der Waals surface area contributed by atoms with Crippen molar-refractivity contribution in [3.63, 3.8) is 0 Å². The molecule has 3 aromatic heterocycles. The van der Waals surface area contributed by atoms with E-state index in [4.69, 9.17) is 15.0 Å². The van der Waals surface area contributed by atoms with Gasteiger partial charge in [0.15, 0.2) is 0 Å². The second-order valence-electron chi connectivity index (χ2n) is 13.1. The van der Waals surface area contributed by atoms with Gasteiger partial charge in [0, 0.05) is 41.1 Å². The SMILES string of the molecule is Cc1cnc(-c2cccc(N(c3cccc(-c4cc(-c5ccc(-c6ccccc6)cc5)ccn4)c3)c3c(C)ccnc3C)c2)cc1-c1ccccc1. The molecule has 0 aliphatic heterocycles. The van der Waals surface area contributed by atoms with Crippen LogP contribution in [0.25, 0.3) is 55.9 Å². The lowest BCUT2D eigenvalue weighted by Crippen LogP contribution is -2.13. The molecule has 0 unspecified atom stereocenters. The van der Waals surface area contributed by atoms with Gasteiger partial charge in [-0.25, -0.2) is 0 Å². The van der Waals surface area contributed by atoms with Crippen molar-refractivity contribution in [1.29, 1.82) is 0 Å². The molecule has 8 aromatic rings. The Morgan fingerprint density at radius 2 is 0.923 bits per heavy atom. The first kappa shape index (κ1) is 32.5. The van der Waals surface area contributed by atoms with Gasteiger partial charge < -0.3 is 4.90 Å². The molecular weight excluding hydrogens is 633 g/mol. The second-order valence-corrected chi connectivity index (χ2v) is 13.1. The number of hydrogen-bond donors (Lipinski definition) is 0. The average molecular weight is 671 g/mol. The topological polar surface area (TPSA) is 41.9 Å². The molecule has 0 spiro atoms. The van der Waals surface area contributed by atoms with E-state index in [2.05, 4.69) is 171 Å². The van der Waals surface area contributed by atoms with Crippen molar-refractivity contribution in [3.8, 4) is 55.9 Å².